The SMILES string of the molecule is O=C(F)OC/C=C/COC(=O)F. The number of rotatable bonds is 4. The fourth-order valence-corrected chi connectivity index (χ4v) is 0.363. The zero-order valence-electron chi connectivity index (χ0n) is 5.96. The van der Waals surface area contributed by atoms with E-state index in [1.165, 1.54) is 12.2 Å². The van der Waals surface area contributed by atoms with Crippen LogP contribution in [0.15, 0.2) is 12.2 Å². The van der Waals surface area contributed by atoms with E-state index in [2.05, 4.69) is 9.47 Å². The van der Waals surface area contributed by atoms with Gasteiger partial charge in [-0.2, -0.15) is 0 Å². The second kappa shape index (κ2) is 6.26. The highest BCUT2D eigenvalue weighted by molar-refractivity contribution is 5.58. The molecule has 0 spiro atoms. The van der Waals surface area contributed by atoms with Crippen LogP contribution in [0.4, 0.5) is 18.4 Å². The molecule has 0 aliphatic heterocycles. The lowest BCUT2D eigenvalue weighted by atomic mass is 10.5. The van der Waals surface area contributed by atoms with Crippen LogP contribution in [0.3, 0.4) is 0 Å². The summed E-state index contributed by atoms with van der Waals surface area (Å²) in [5.41, 5.74) is 0. The van der Waals surface area contributed by atoms with Crippen molar-refractivity contribution in [2.45, 2.75) is 0 Å². The van der Waals surface area contributed by atoms with Crippen molar-refractivity contribution in [2.75, 3.05) is 13.2 Å². The molecule has 68 valence electrons. The third kappa shape index (κ3) is 8.54. The summed E-state index contributed by atoms with van der Waals surface area (Å²) in [7, 11) is 0. The monoisotopic (exact) mass is 180 g/mol. The van der Waals surface area contributed by atoms with Gasteiger partial charge in [0.2, 0.25) is 0 Å². The first kappa shape index (κ1) is 10.5. The fourth-order valence-electron chi connectivity index (χ4n) is 0.363. The van der Waals surface area contributed by atoms with E-state index < -0.39 is 12.4 Å². The lowest BCUT2D eigenvalue weighted by Gasteiger charge is -1.92. The highest BCUT2D eigenvalue weighted by atomic mass is 19.2. The van der Waals surface area contributed by atoms with E-state index in [0.717, 1.165) is 0 Å². The van der Waals surface area contributed by atoms with E-state index in [1.54, 1.807) is 0 Å². The second-order valence-electron chi connectivity index (χ2n) is 1.57. The van der Waals surface area contributed by atoms with Crippen molar-refractivity contribution in [1.29, 1.82) is 0 Å². The Morgan fingerprint density at radius 1 is 1.00 bits per heavy atom. The Hall–Kier alpha value is -1.46. The minimum Gasteiger partial charge on any atom is -0.436 e. The maximum absolute atomic E-state index is 11.3. The van der Waals surface area contributed by atoms with Crippen LogP contribution in [0.25, 0.3) is 0 Å². The van der Waals surface area contributed by atoms with Gasteiger partial charge in [0.05, 0.1) is 0 Å². The summed E-state index contributed by atoms with van der Waals surface area (Å²) in [4.78, 5) is 19.0. The fraction of sp³-hybridized carbons (Fsp3) is 0.333. The molecule has 0 saturated heterocycles. The molecule has 6 heteroatoms. The molecule has 0 N–H and O–H groups in total. The number of halogens is 2. The molecule has 0 amide bonds. The van der Waals surface area contributed by atoms with Gasteiger partial charge in [-0.05, 0) is 12.2 Å². The Morgan fingerprint density at radius 2 is 1.33 bits per heavy atom. The Morgan fingerprint density at radius 3 is 1.58 bits per heavy atom. The van der Waals surface area contributed by atoms with Crippen molar-refractivity contribution in [1.82, 2.24) is 0 Å². The van der Waals surface area contributed by atoms with Crippen LogP contribution in [0.2, 0.25) is 0 Å². The lowest BCUT2D eigenvalue weighted by molar-refractivity contribution is 0.128. The van der Waals surface area contributed by atoms with Gasteiger partial charge in [0, 0.05) is 0 Å². The molecule has 0 saturated carbocycles. The molecular formula is C6H6F2O4. The molecule has 0 aromatic heterocycles. The highest BCUT2D eigenvalue weighted by Gasteiger charge is 1.94. The van der Waals surface area contributed by atoms with Crippen LogP contribution >= 0.6 is 0 Å². The molecule has 0 aromatic rings. The van der Waals surface area contributed by atoms with E-state index >= 15 is 0 Å². The van der Waals surface area contributed by atoms with Crippen molar-refractivity contribution in [3.05, 3.63) is 12.2 Å². The zero-order chi connectivity index (χ0) is 9.40. The maximum Gasteiger partial charge on any atom is 0.495 e. The number of carbonyl (C=O) groups excluding carboxylic acids is 2. The number of ether oxygens (including phenoxy) is 2. The molecular weight excluding hydrogens is 174 g/mol. The zero-order valence-corrected chi connectivity index (χ0v) is 5.96. The molecule has 0 unspecified atom stereocenters. The summed E-state index contributed by atoms with van der Waals surface area (Å²) in [5, 5.41) is 0. The van der Waals surface area contributed by atoms with Crippen molar-refractivity contribution in [3.63, 3.8) is 0 Å². The molecule has 0 bridgehead atoms. The van der Waals surface area contributed by atoms with Gasteiger partial charge in [-0.25, -0.2) is 9.59 Å². The topological polar surface area (TPSA) is 52.6 Å². The second-order valence-corrected chi connectivity index (χ2v) is 1.57. The predicted octanol–water partition coefficient (Wildman–Crippen LogP) is 1.75. The van der Waals surface area contributed by atoms with Gasteiger partial charge in [-0.15, -0.1) is 8.78 Å². The summed E-state index contributed by atoms with van der Waals surface area (Å²) in [6.45, 7) is -0.557. The molecule has 0 aliphatic carbocycles. The van der Waals surface area contributed by atoms with Crippen LogP contribution in [0, 0.1) is 0 Å². The Kier molecular flexibility index (Phi) is 5.50. The molecule has 0 aromatic carbocycles. The van der Waals surface area contributed by atoms with Crippen LogP contribution in [0.5, 0.6) is 0 Å². The minimum absolute atomic E-state index is 0.279. The first-order chi connectivity index (χ1) is 5.63. The van der Waals surface area contributed by atoms with Gasteiger partial charge < -0.3 is 9.47 Å². The van der Waals surface area contributed by atoms with Gasteiger partial charge in [0.1, 0.15) is 13.2 Å². The largest absolute Gasteiger partial charge is 0.495 e. The van der Waals surface area contributed by atoms with Crippen LogP contribution in [0.1, 0.15) is 0 Å². The summed E-state index contributed by atoms with van der Waals surface area (Å²) >= 11 is 0. The molecule has 0 heterocycles. The van der Waals surface area contributed by atoms with E-state index in [1.807, 2.05) is 0 Å². The van der Waals surface area contributed by atoms with Crippen molar-refractivity contribution < 1.29 is 27.8 Å². The molecule has 0 rings (SSSR count). The molecule has 0 radical (unpaired) electrons. The van der Waals surface area contributed by atoms with Gasteiger partial charge >= 0.3 is 12.4 Å². The third-order valence-electron chi connectivity index (χ3n) is 0.753. The number of hydrogen-bond acceptors (Lipinski definition) is 4. The minimum atomic E-state index is -1.90. The van der Waals surface area contributed by atoms with Crippen molar-refractivity contribution in [2.24, 2.45) is 0 Å². The van der Waals surface area contributed by atoms with Crippen LogP contribution in [-0.2, 0) is 9.47 Å². The van der Waals surface area contributed by atoms with Gasteiger partial charge in [-0.1, -0.05) is 0 Å². The predicted molar refractivity (Wildman–Crippen MR) is 34.1 cm³/mol. The van der Waals surface area contributed by atoms with Crippen LogP contribution in [-0.4, -0.2) is 25.7 Å². The van der Waals surface area contributed by atoms with Gasteiger partial charge in [0.15, 0.2) is 0 Å². The van der Waals surface area contributed by atoms with Gasteiger partial charge in [-0.3, -0.25) is 0 Å². The van der Waals surface area contributed by atoms with Gasteiger partial charge in [0.25, 0.3) is 0 Å². The van der Waals surface area contributed by atoms with Crippen LogP contribution < -0.4 is 0 Å². The molecule has 0 fully saturated rings. The summed E-state index contributed by atoms with van der Waals surface area (Å²) in [6.07, 6.45) is -1.38. The van der Waals surface area contributed by atoms with Crippen molar-refractivity contribution >= 4 is 12.4 Å². The normalized spacial score (nSPS) is 9.83. The summed E-state index contributed by atoms with van der Waals surface area (Å²) in [5.74, 6) is 0. The molecule has 0 aliphatic rings. The number of carbonyl (C=O) groups is 2. The van der Waals surface area contributed by atoms with Crippen molar-refractivity contribution in [3.8, 4) is 0 Å². The lowest BCUT2D eigenvalue weighted by Crippen LogP contribution is -1.96. The highest BCUT2D eigenvalue weighted by Crippen LogP contribution is 1.85. The third-order valence-corrected chi connectivity index (χ3v) is 0.753. The summed E-state index contributed by atoms with van der Waals surface area (Å²) in [6, 6.07) is 0. The smallest absolute Gasteiger partial charge is 0.436 e. The average Bonchev–Trinajstić information content (AvgIpc) is 1.95. The first-order valence-corrected chi connectivity index (χ1v) is 2.92. The van der Waals surface area contributed by atoms with E-state index in [-0.39, 0.29) is 13.2 Å². The Bertz CT molecular complexity index is 170. The Labute approximate surface area is 66.8 Å². The quantitative estimate of drug-likeness (QED) is 0.488. The first-order valence-electron chi connectivity index (χ1n) is 2.92. The maximum atomic E-state index is 11.3. The molecule has 0 atom stereocenters. The standard InChI is InChI=1S/C6H6F2O4/c7-5(9)11-3-1-2-4-12-6(8)10/h1-2H,3-4H2/b2-1+. The van der Waals surface area contributed by atoms with E-state index in [0.29, 0.717) is 0 Å². The number of hydrogen-bond donors (Lipinski definition) is 0. The Balaban J connectivity index is 3.26. The van der Waals surface area contributed by atoms with E-state index in [4.69, 9.17) is 0 Å². The van der Waals surface area contributed by atoms with E-state index in [9.17, 15) is 18.4 Å². The summed E-state index contributed by atoms with van der Waals surface area (Å²) < 4.78 is 30.2. The average molecular weight is 180 g/mol. The molecule has 4 nitrogen and oxygen atoms in total. The molecule has 12 heavy (non-hydrogen) atoms.